The van der Waals surface area contributed by atoms with E-state index in [1.54, 1.807) is 16.9 Å². The molecule has 0 spiro atoms. The zero-order valence-electron chi connectivity index (χ0n) is 13.8. The molecule has 2 aromatic carbocycles. The quantitative estimate of drug-likeness (QED) is 0.783. The molecule has 0 saturated heterocycles. The van der Waals surface area contributed by atoms with Gasteiger partial charge in [0.15, 0.2) is 17.6 Å². The van der Waals surface area contributed by atoms with Crippen LogP contribution in [0.2, 0.25) is 0 Å². The van der Waals surface area contributed by atoms with Crippen molar-refractivity contribution in [3.8, 4) is 11.5 Å². The molecule has 1 unspecified atom stereocenters. The first-order valence-corrected chi connectivity index (χ1v) is 8.15. The molecular weight excluding hydrogens is 337 g/mol. The summed E-state index contributed by atoms with van der Waals surface area (Å²) in [5.74, 6) is 0.584. The van der Waals surface area contributed by atoms with E-state index in [0.29, 0.717) is 24.6 Å². The molecule has 1 aliphatic heterocycles. The number of ether oxygens (including phenoxy) is 2. The SMILES string of the molecule is O=C(Nc1cnn(CC2COc3ccccc3O2)c1)c1cccc(F)c1. The Balaban J connectivity index is 1.39. The normalized spacial score (nSPS) is 15.5. The maximum absolute atomic E-state index is 13.2. The third-order valence-corrected chi connectivity index (χ3v) is 3.94. The standard InChI is InChI=1S/C19H16FN3O3/c20-14-5-3-4-13(8-14)19(24)22-15-9-21-23(10-15)11-16-12-25-17-6-1-2-7-18(17)26-16/h1-10,16H,11-12H2,(H,22,24). The number of rotatable bonds is 4. The molecule has 7 heteroatoms. The van der Waals surface area contributed by atoms with Crippen molar-refractivity contribution in [1.82, 2.24) is 9.78 Å². The summed E-state index contributed by atoms with van der Waals surface area (Å²) in [4.78, 5) is 12.1. The van der Waals surface area contributed by atoms with E-state index < -0.39 is 11.7 Å². The van der Waals surface area contributed by atoms with Crippen LogP contribution >= 0.6 is 0 Å². The molecule has 1 atom stereocenters. The Morgan fingerprint density at radius 2 is 2.08 bits per heavy atom. The number of para-hydroxylation sites is 2. The highest BCUT2D eigenvalue weighted by molar-refractivity contribution is 6.04. The fourth-order valence-electron chi connectivity index (χ4n) is 2.72. The summed E-state index contributed by atoms with van der Waals surface area (Å²) in [5, 5.41) is 6.92. The van der Waals surface area contributed by atoms with Gasteiger partial charge in [-0.1, -0.05) is 18.2 Å². The van der Waals surface area contributed by atoms with Crippen LogP contribution in [0, 0.1) is 5.82 Å². The number of carbonyl (C=O) groups is 1. The number of hydrogen-bond acceptors (Lipinski definition) is 4. The van der Waals surface area contributed by atoms with E-state index >= 15 is 0 Å². The van der Waals surface area contributed by atoms with Gasteiger partial charge in [0.25, 0.3) is 5.91 Å². The molecule has 2 heterocycles. The van der Waals surface area contributed by atoms with Gasteiger partial charge in [-0.2, -0.15) is 5.10 Å². The van der Waals surface area contributed by atoms with Gasteiger partial charge in [-0.3, -0.25) is 9.48 Å². The minimum atomic E-state index is -0.455. The number of anilines is 1. The van der Waals surface area contributed by atoms with Gasteiger partial charge in [-0.25, -0.2) is 4.39 Å². The molecule has 6 nitrogen and oxygen atoms in total. The van der Waals surface area contributed by atoms with E-state index in [-0.39, 0.29) is 11.7 Å². The van der Waals surface area contributed by atoms with Crippen molar-refractivity contribution in [3.05, 3.63) is 72.3 Å². The van der Waals surface area contributed by atoms with Crippen LogP contribution in [0.3, 0.4) is 0 Å². The van der Waals surface area contributed by atoms with Gasteiger partial charge in [0.1, 0.15) is 12.4 Å². The van der Waals surface area contributed by atoms with Crippen LogP contribution in [0.15, 0.2) is 60.9 Å². The number of halogens is 1. The van der Waals surface area contributed by atoms with Crippen LogP contribution in [0.4, 0.5) is 10.1 Å². The molecule has 1 N–H and O–H groups in total. The zero-order valence-corrected chi connectivity index (χ0v) is 13.8. The molecular formula is C19H16FN3O3. The summed E-state index contributed by atoms with van der Waals surface area (Å²) >= 11 is 0. The number of nitrogens with zero attached hydrogens (tertiary/aromatic N) is 2. The highest BCUT2D eigenvalue weighted by Crippen LogP contribution is 2.31. The molecule has 1 amide bonds. The average molecular weight is 353 g/mol. The van der Waals surface area contributed by atoms with Gasteiger partial charge in [-0.05, 0) is 30.3 Å². The first kappa shape index (κ1) is 16.1. The van der Waals surface area contributed by atoms with Crippen LogP contribution in [0.25, 0.3) is 0 Å². The summed E-state index contributed by atoms with van der Waals surface area (Å²) in [7, 11) is 0. The van der Waals surface area contributed by atoms with Crippen molar-refractivity contribution in [3.63, 3.8) is 0 Å². The molecule has 3 aromatic rings. The number of amides is 1. The first-order chi connectivity index (χ1) is 12.7. The number of aromatic nitrogens is 2. The van der Waals surface area contributed by atoms with E-state index in [1.807, 2.05) is 24.3 Å². The molecule has 1 aliphatic rings. The lowest BCUT2D eigenvalue weighted by atomic mass is 10.2. The number of hydrogen-bond donors (Lipinski definition) is 1. The van der Waals surface area contributed by atoms with Gasteiger partial charge in [0.2, 0.25) is 0 Å². The maximum Gasteiger partial charge on any atom is 0.255 e. The van der Waals surface area contributed by atoms with E-state index in [1.165, 1.54) is 24.4 Å². The molecule has 0 radical (unpaired) electrons. The number of carbonyl (C=O) groups excluding carboxylic acids is 1. The lowest BCUT2D eigenvalue weighted by Gasteiger charge is -2.26. The second-order valence-electron chi connectivity index (χ2n) is 5.91. The Morgan fingerprint density at radius 3 is 2.92 bits per heavy atom. The largest absolute Gasteiger partial charge is 0.486 e. The molecule has 4 rings (SSSR count). The van der Waals surface area contributed by atoms with Crippen molar-refractivity contribution in [1.29, 1.82) is 0 Å². The maximum atomic E-state index is 13.2. The van der Waals surface area contributed by atoms with Gasteiger partial charge in [0.05, 0.1) is 18.4 Å². The lowest BCUT2D eigenvalue weighted by molar-refractivity contribution is 0.0759. The minimum Gasteiger partial charge on any atom is -0.486 e. The second kappa shape index (κ2) is 6.87. The Labute approximate surface area is 149 Å². The van der Waals surface area contributed by atoms with Crippen molar-refractivity contribution < 1.29 is 18.7 Å². The van der Waals surface area contributed by atoms with E-state index in [0.717, 1.165) is 5.75 Å². The van der Waals surface area contributed by atoms with Crippen molar-refractivity contribution in [2.24, 2.45) is 0 Å². The third kappa shape index (κ3) is 3.51. The van der Waals surface area contributed by atoms with Crippen molar-refractivity contribution in [2.75, 3.05) is 11.9 Å². The summed E-state index contributed by atoms with van der Waals surface area (Å²) in [6.07, 6.45) is 3.05. The number of benzene rings is 2. The summed E-state index contributed by atoms with van der Waals surface area (Å²) < 4.78 is 26.5. The topological polar surface area (TPSA) is 65.4 Å². The monoisotopic (exact) mass is 353 g/mol. The summed E-state index contributed by atoms with van der Waals surface area (Å²) in [6, 6.07) is 13.0. The predicted octanol–water partition coefficient (Wildman–Crippen LogP) is 3.11. The molecule has 0 aliphatic carbocycles. The number of fused-ring (bicyclic) bond motifs is 1. The molecule has 0 fully saturated rings. The van der Waals surface area contributed by atoms with Crippen LogP contribution < -0.4 is 14.8 Å². The third-order valence-electron chi connectivity index (χ3n) is 3.94. The van der Waals surface area contributed by atoms with Gasteiger partial charge in [0, 0.05) is 11.8 Å². The van der Waals surface area contributed by atoms with Crippen LogP contribution in [-0.2, 0) is 6.54 Å². The Hall–Kier alpha value is -3.35. The van der Waals surface area contributed by atoms with Gasteiger partial charge < -0.3 is 14.8 Å². The molecule has 132 valence electrons. The van der Waals surface area contributed by atoms with Crippen molar-refractivity contribution >= 4 is 11.6 Å². The smallest absolute Gasteiger partial charge is 0.255 e. The fraction of sp³-hybridized carbons (Fsp3) is 0.158. The number of nitrogens with one attached hydrogen (secondary N) is 1. The summed E-state index contributed by atoms with van der Waals surface area (Å²) in [5.41, 5.74) is 0.773. The lowest BCUT2D eigenvalue weighted by Crippen LogP contribution is -2.33. The highest BCUT2D eigenvalue weighted by atomic mass is 19.1. The van der Waals surface area contributed by atoms with E-state index in [4.69, 9.17) is 9.47 Å². The zero-order chi connectivity index (χ0) is 17.9. The first-order valence-electron chi connectivity index (χ1n) is 8.15. The summed E-state index contributed by atoms with van der Waals surface area (Å²) in [6.45, 7) is 0.895. The van der Waals surface area contributed by atoms with E-state index in [2.05, 4.69) is 10.4 Å². The van der Waals surface area contributed by atoms with Crippen LogP contribution in [0.5, 0.6) is 11.5 Å². The average Bonchev–Trinajstić information content (AvgIpc) is 3.08. The Morgan fingerprint density at radius 1 is 1.23 bits per heavy atom. The second-order valence-corrected chi connectivity index (χ2v) is 5.91. The van der Waals surface area contributed by atoms with Crippen LogP contribution in [0.1, 0.15) is 10.4 Å². The minimum absolute atomic E-state index is 0.184. The van der Waals surface area contributed by atoms with E-state index in [9.17, 15) is 9.18 Å². The highest BCUT2D eigenvalue weighted by Gasteiger charge is 2.21. The molecule has 1 aromatic heterocycles. The Kier molecular flexibility index (Phi) is 4.27. The molecule has 0 saturated carbocycles. The fourth-order valence-corrected chi connectivity index (χ4v) is 2.72. The van der Waals surface area contributed by atoms with Crippen LogP contribution in [-0.4, -0.2) is 28.4 Å². The van der Waals surface area contributed by atoms with Crippen molar-refractivity contribution in [2.45, 2.75) is 12.6 Å². The molecule has 26 heavy (non-hydrogen) atoms. The Bertz CT molecular complexity index is 941. The van der Waals surface area contributed by atoms with Gasteiger partial charge >= 0.3 is 0 Å². The molecule has 0 bridgehead atoms. The predicted molar refractivity (Wildman–Crippen MR) is 92.9 cm³/mol. The van der Waals surface area contributed by atoms with Gasteiger partial charge in [-0.15, -0.1) is 0 Å².